The third-order valence-electron chi connectivity index (χ3n) is 3.77. The number of amides is 2. The van der Waals surface area contributed by atoms with Crippen LogP contribution in [-0.2, 0) is 9.59 Å². The first kappa shape index (κ1) is 19.8. The van der Waals surface area contributed by atoms with Gasteiger partial charge in [-0.25, -0.2) is 4.39 Å². The number of allylic oxidation sites excluding steroid dienone is 1. The third-order valence-corrected chi connectivity index (χ3v) is 4.27. The summed E-state index contributed by atoms with van der Waals surface area (Å²) in [6.07, 6.45) is 1.60. The molecule has 2 aromatic carbocycles. The zero-order valence-corrected chi connectivity index (χ0v) is 16.2. The quantitative estimate of drug-likeness (QED) is 0.680. The fourth-order valence-electron chi connectivity index (χ4n) is 2.28. The van der Waals surface area contributed by atoms with Crippen LogP contribution in [0.2, 0.25) is 0 Å². The minimum Gasteiger partial charge on any atom is -0.352 e. The monoisotopic (exact) mass is 418 g/mol. The summed E-state index contributed by atoms with van der Waals surface area (Å²) in [5.41, 5.74) is 3.19. The molecule has 0 saturated carbocycles. The number of hydrogen-bond donors (Lipinski definition) is 2. The van der Waals surface area contributed by atoms with Gasteiger partial charge in [0, 0.05) is 29.2 Å². The maximum atomic E-state index is 12.9. The number of rotatable bonds is 6. The number of anilines is 1. The Balaban J connectivity index is 1.82. The SMILES string of the molecule is C/C(=C/C(=O)NCCC(=O)Nc1cc(Br)ccc1C)c1ccc(F)cc1. The molecule has 0 aliphatic heterocycles. The number of nitrogens with one attached hydrogen (secondary N) is 2. The van der Waals surface area contributed by atoms with Gasteiger partial charge in [-0.1, -0.05) is 34.1 Å². The highest BCUT2D eigenvalue weighted by molar-refractivity contribution is 9.10. The molecular formula is C20H20BrFN2O2. The minimum atomic E-state index is -0.322. The number of halogens is 2. The van der Waals surface area contributed by atoms with Crippen molar-refractivity contribution in [2.24, 2.45) is 0 Å². The smallest absolute Gasteiger partial charge is 0.244 e. The van der Waals surface area contributed by atoms with E-state index in [-0.39, 0.29) is 30.6 Å². The van der Waals surface area contributed by atoms with E-state index in [0.29, 0.717) is 0 Å². The van der Waals surface area contributed by atoms with Crippen LogP contribution in [0.5, 0.6) is 0 Å². The van der Waals surface area contributed by atoms with Crippen molar-refractivity contribution in [3.63, 3.8) is 0 Å². The molecule has 0 radical (unpaired) electrons. The Morgan fingerprint density at radius 3 is 2.54 bits per heavy atom. The standard InChI is InChI=1S/C20H20BrFN2O2/c1-13-3-6-16(21)12-18(13)24-19(25)9-10-23-20(26)11-14(2)15-4-7-17(22)8-5-15/h3-8,11-12H,9-10H2,1-2H3,(H,23,26)(H,24,25)/b14-11-. The summed E-state index contributed by atoms with van der Waals surface area (Å²) >= 11 is 3.37. The van der Waals surface area contributed by atoms with Crippen LogP contribution < -0.4 is 10.6 Å². The van der Waals surface area contributed by atoms with Gasteiger partial charge in [-0.05, 0) is 54.8 Å². The highest BCUT2D eigenvalue weighted by atomic mass is 79.9. The number of carbonyl (C=O) groups excluding carboxylic acids is 2. The topological polar surface area (TPSA) is 58.2 Å². The van der Waals surface area contributed by atoms with Crippen molar-refractivity contribution in [3.8, 4) is 0 Å². The van der Waals surface area contributed by atoms with Gasteiger partial charge in [0.15, 0.2) is 0 Å². The second-order valence-electron chi connectivity index (χ2n) is 5.88. The predicted molar refractivity (Wildman–Crippen MR) is 105 cm³/mol. The van der Waals surface area contributed by atoms with Gasteiger partial charge in [0.25, 0.3) is 0 Å². The molecule has 26 heavy (non-hydrogen) atoms. The summed E-state index contributed by atoms with van der Waals surface area (Å²) in [6.45, 7) is 3.91. The van der Waals surface area contributed by atoms with E-state index >= 15 is 0 Å². The van der Waals surface area contributed by atoms with E-state index in [2.05, 4.69) is 26.6 Å². The van der Waals surface area contributed by atoms with Crippen LogP contribution in [0.3, 0.4) is 0 Å². The van der Waals surface area contributed by atoms with Crippen LogP contribution in [-0.4, -0.2) is 18.4 Å². The largest absolute Gasteiger partial charge is 0.352 e. The van der Waals surface area contributed by atoms with Gasteiger partial charge in [-0.3, -0.25) is 9.59 Å². The van der Waals surface area contributed by atoms with Crippen molar-refractivity contribution in [1.82, 2.24) is 5.32 Å². The van der Waals surface area contributed by atoms with Crippen molar-refractivity contribution < 1.29 is 14.0 Å². The van der Waals surface area contributed by atoms with Crippen molar-refractivity contribution in [3.05, 3.63) is 70.0 Å². The molecule has 4 nitrogen and oxygen atoms in total. The van der Waals surface area contributed by atoms with E-state index in [1.807, 2.05) is 25.1 Å². The normalized spacial score (nSPS) is 11.2. The maximum Gasteiger partial charge on any atom is 0.244 e. The summed E-state index contributed by atoms with van der Waals surface area (Å²) in [4.78, 5) is 23.9. The van der Waals surface area contributed by atoms with E-state index in [0.717, 1.165) is 26.9 Å². The van der Waals surface area contributed by atoms with E-state index in [1.54, 1.807) is 19.1 Å². The van der Waals surface area contributed by atoms with Gasteiger partial charge in [0.2, 0.25) is 11.8 Å². The maximum absolute atomic E-state index is 12.9. The number of aryl methyl sites for hydroxylation is 1. The molecule has 0 unspecified atom stereocenters. The second-order valence-corrected chi connectivity index (χ2v) is 6.80. The summed E-state index contributed by atoms with van der Waals surface area (Å²) in [6, 6.07) is 11.6. The van der Waals surface area contributed by atoms with E-state index in [9.17, 15) is 14.0 Å². The molecule has 0 aliphatic rings. The average Bonchev–Trinajstić information content (AvgIpc) is 2.58. The third kappa shape index (κ3) is 6.11. The second kappa shape index (κ2) is 9.29. The molecule has 2 N–H and O–H groups in total. The predicted octanol–water partition coefficient (Wildman–Crippen LogP) is 4.44. The zero-order valence-electron chi connectivity index (χ0n) is 14.6. The van der Waals surface area contributed by atoms with Crippen molar-refractivity contribution in [2.75, 3.05) is 11.9 Å². The molecule has 2 aromatic rings. The van der Waals surface area contributed by atoms with Gasteiger partial charge in [-0.2, -0.15) is 0 Å². The van der Waals surface area contributed by atoms with Gasteiger partial charge in [0.1, 0.15) is 5.82 Å². The zero-order chi connectivity index (χ0) is 19.1. The van der Waals surface area contributed by atoms with Crippen LogP contribution >= 0.6 is 15.9 Å². The first-order valence-electron chi connectivity index (χ1n) is 8.13. The van der Waals surface area contributed by atoms with Crippen LogP contribution in [0, 0.1) is 12.7 Å². The lowest BCUT2D eigenvalue weighted by molar-refractivity contribution is -0.117. The van der Waals surface area contributed by atoms with Crippen LogP contribution in [0.4, 0.5) is 10.1 Å². The number of benzene rings is 2. The molecule has 2 amide bonds. The Kier molecular flexibility index (Phi) is 7.09. The molecule has 0 spiro atoms. The molecular weight excluding hydrogens is 399 g/mol. The van der Waals surface area contributed by atoms with Gasteiger partial charge < -0.3 is 10.6 Å². The van der Waals surface area contributed by atoms with Crippen LogP contribution in [0.25, 0.3) is 5.57 Å². The van der Waals surface area contributed by atoms with Gasteiger partial charge >= 0.3 is 0 Å². The molecule has 0 aliphatic carbocycles. The molecule has 2 rings (SSSR count). The molecule has 136 valence electrons. The van der Waals surface area contributed by atoms with Crippen molar-refractivity contribution >= 4 is 39.0 Å². The Morgan fingerprint density at radius 1 is 1.15 bits per heavy atom. The number of carbonyl (C=O) groups is 2. The average molecular weight is 419 g/mol. The Bertz CT molecular complexity index is 832. The van der Waals surface area contributed by atoms with Gasteiger partial charge in [0.05, 0.1) is 0 Å². The molecule has 0 saturated heterocycles. The molecule has 0 aromatic heterocycles. The fourth-order valence-corrected chi connectivity index (χ4v) is 2.65. The van der Waals surface area contributed by atoms with E-state index < -0.39 is 0 Å². The molecule has 0 bridgehead atoms. The lowest BCUT2D eigenvalue weighted by Crippen LogP contribution is -2.26. The summed E-state index contributed by atoms with van der Waals surface area (Å²) in [5, 5.41) is 5.50. The summed E-state index contributed by atoms with van der Waals surface area (Å²) < 4.78 is 13.8. The molecule has 0 fully saturated rings. The highest BCUT2D eigenvalue weighted by Crippen LogP contribution is 2.20. The summed E-state index contributed by atoms with van der Waals surface area (Å²) in [7, 11) is 0. The first-order valence-corrected chi connectivity index (χ1v) is 8.92. The number of hydrogen-bond acceptors (Lipinski definition) is 2. The summed E-state index contributed by atoms with van der Waals surface area (Å²) in [5.74, 6) is -0.790. The lowest BCUT2D eigenvalue weighted by atomic mass is 10.1. The minimum absolute atomic E-state index is 0.168. The lowest BCUT2D eigenvalue weighted by Gasteiger charge is -2.09. The first-order chi connectivity index (χ1) is 12.3. The Morgan fingerprint density at radius 2 is 1.85 bits per heavy atom. The Hall–Kier alpha value is -2.47. The van der Waals surface area contributed by atoms with E-state index in [1.165, 1.54) is 18.2 Å². The Labute approximate surface area is 160 Å². The molecule has 0 heterocycles. The van der Waals surface area contributed by atoms with Crippen molar-refractivity contribution in [2.45, 2.75) is 20.3 Å². The molecule has 0 atom stereocenters. The molecule has 6 heteroatoms. The fraction of sp³-hybridized carbons (Fsp3) is 0.200. The highest BCUT2D eigenvalue weighted by Gasteiger charge is 2.07. The van der Waals surface area contributed by atoms with Crippen LogP contribution in [0.1, 0.15) is 24.5 Å². The van der Waals surface area contributed by atoms with E-state index in [4.69, 9.17) is 0 Å². The van der Waals surface area contributed by atoms with Crippen LogP contribution in [0.15, 0.2) is 53.0 Å². The van der Waals surface area contributed by atoms with Crippen molar-refractivity contribution in [1.29, 1.82) is 0 Å². The van der Waals surface area contributed by atoms with Gasteiger partial charge in [-0.15, -0.1) is 0 Å².